The van der Waals surface area contributed by atoms with E-state index >= 15 is 0 Å². The molecule has 0 fully saturated rings. The third kappa shape index (κ3) is 2.01. The lowest BCUT2D eigenvalue weighted by Crippen LogP contribution is -1.91. The summed E-state index contributed by atoms with van der Waals surface area (Å²) in [6.45, 7) is 1.67. The second-order valence-electron chi connectivity index (χ2n) is 2.39. The first-order valence-electron chi connectivity index (χ1n) is 3.63. The Labute approximate surface area is 71.5 Å². The van der Waals surface area contributed by atoms with E-state index in [0.717, 1.165) is 0 Å². The Bertz CT molecular complexity index is 303. The lowest BCUT2D eigenvalue weighted by atomic mass is 10.1. The van der Waals surface area contributed by atoms with Gasteiger partial charge in [0.25, 0.3) is 0 Å². The molecule has 0 spiro atoms. The van der Waals surface area contributed by atoms with E-state index in [4.69, 9.17) is 5.11 Å². The molecule has 0 aliphatic carbocycles. The van der Waals surface area contributed by atoms with Crippen LogP contribution in [0.1, 0.15) is 18.6 Å². The molecule has 1 aromatic carbocycles. The largest absolute Gasteiger partial charge is 0.508 e. The van der Waals surface area contributed by atoms with Crippen molar-refractivity contribution in [2.45, 2.75) is 13.0 Å². The van der Waals surface area contributed by atoms with Crippen LogP contribution in [0.2, 0.25) is 0 Å². The molecule has 2 N–H and O–H groups in total. The van der Waals surface area contributed by atoms with Crippen LogP contribution in [0.3, 0.4) is 0 Å². The molecule has 1 rings (SSSR count). The smallest absolute Gasteiger partial charge is 0.140 e. The van der Waals surface area contributed by atoms with Crippen molar-refractivity contribution in [1.82, 2.24) is 0 Å². The van der Waals surface area contributed by atoms with Crippen LogP contribution >= 0.6 is 0 Å². The number of phenols is 1. The van der Waals surface area contributed by atoms with Crippen molar-refractivity contribution in [3.8, 4) is 17.6 Å². The van der Waals surface area contributed by atoms with Crippen LogP contribution in [0.25, 0.3) is 0 Å². The first-order chi connectivity index (χ1) is 5.74. The number of phenolic OH excluding ortho intramolecular Hbond substituents is 1. The summed E-state index contributed by atoms with van der Waals surface area (Å²) in [6, 6.07) is 6.33. The van der Waals surface area contributed by atoms with Gasteiger partial charge in [0.15, 0.2) is 0 Å². The monoisotopic (exact) mass is 162 g/mol. The zero-order chi connectivity index (χ0) is 8.97. The fourth-order valence-electron chi connectivity index (χ4n) is 0.877. The van der Waals surface area contributed by atoms with E-state index in [-0.39, 0.29) is 5.75 Å². The second kappa shape index (κ2) is 3.80. The summed E-state index contributed by atoms with van der Waals surface area (Å²) >= 11 is 0. The summed E-state index contributed by atoms with van der Waals surface area (Å²) in [4.78, 5) is 0. The van der Waals surface area contributed by atoms with Crippen molar-refractivity contribution in [1.29, 1.82) is 0 Å². The van der Waals surface area contributed by atoms with Crippen LogP contribution in [-0.4, -0.2) is 10.2 Å². The Kier molecular flexibility index (Phi) is 2.73. The molecule has 2 heteroatoms. The SMILES string of the molecule is CC#CC(O)c1ccc(O)cc1. The third-order valence-corrected chi connectivity index (χ3v) is 1.49. The van der Waals surface area contributed by atoms with Crippen LogP contribution in [0.4, 0.5) is 0 Å². The Balaban J connectivity index is 2.87. The van der Waals surface area contributed by atoms with Gasteiger partial charge in [0.1, 0.15) is 11.9 Å². The van der Waals surface area contributed by atoms with Gasteiger partial charge >= 0.3 is 0 Å². The van der Waals surface area contributed by atoms with E-state index in [2.05, 4.69) is 11.8 Å². The predicted octanol–water partition coefficient (Wildman–Crippen LogP) is 1.45. The molecule has 1 atom stereocenters. The first-order valence-corrected chi connectivity index (χ1v) is 3.63. The lowest BCUT2D eigenvalue weighted by molar-refractivity contribution is 0.238. The molecule has 1 aromatic rings. The highest BCUT2D eigenvalue weighted by Gasteiger charge is 2.01. The number of benzene rings is 1. The fourth-order valence-corrected chi connectivity index (χ4v) is 0.877. The van der Waals surface area contributed by atoms with Gasteiger partial charge in [-0.3, -0.25) is 0 Å². The average Bonchev–Trinajstić information content (AvgIpc) is 2.06. The topological polar surface area (TPSA) is 40.5 Å². The molecule has 0 radical (unpaired) electrons. The summed E-state index contributed by atoms with van der Waals surface area (Å²) in [5.41, 5.74) is 0.696. The molecule has 1 unspecified atom stereocenters. The Morgan fingerprint density at radius 1 is 1.25 bits per heavy atom. The van der Waals surface area contributed by atoms with Gasteiger partial charge in [-0.1, -0.05) is 18.1 Å². The maximum atomic E-state index is 9.36. The van der Waals surface area contributed by atoms with E-state index in [1.165, 1.54) is 12.1 Å². The van der Waals surface area contributed by atoms with Crippen LogP contribution < -0.4 is 0 Å². The molecule has 0 bridgehead atoms. The zero-order valence-electron chi connectivity index (χ0n) is 6.78. The number of hydrogen-bond acceptors (Lipinski definition) is 2. The van der Waals surface area contributed by atoms with Gasteiger partial charge in [0.2, 0.25) is 0 Å². The molecular weight excluding hydrogens is 152 g/mol. The van der Waals surface area contributed by atoms with Crippen LogP contribution in [-0.2, 0) is 0 Å². The predicted molar refractivity (Wildman–Crippen MR) is 46.5 cm³/mol. The number of aliphatic hydroxyl groups is 1. The van der Waals surface area contributed by atoms with Crippen molar-refractivity contribution in [2.75, 3.05) is 0 Å². The summed E-state index contributed by atoms with van der Waals surface area (Å²) in [5.74, 6) is 5.41. The average molecular weight is 162 g/mol. The van der Waals surface area contributed by atoms with Crippen LogP contribution in [0.15, 0.2) is 24.3 Å². The molecule has 62 valence electrons. The highest BCUT2D eigenvalue weighted by atomic mass is 16.3. The highest BCUT2D eigenvalue weighted by Crippen LogP contribution is 2.15. The van der Waals surface area contributed by atoms with E-state index < -0.39 is 6.10 Å². The molecule has 0 amide bonds. The van der Waals surface area contributed by atoms with E-state index in [1.54, 1.807) is 19.1 Å². The number of aliphatic hydroxyl groups excluding tert-OH is 1. The van der Waals surface area contributed by atoms with Crippen molar-refractivity contribution in [3.63, 3.8) is 0 Å². The maximum absolute atomic E-state index is 9.36. The number of hydrogen-bond donors (Lipinski definition) is 2. The van der Waals surface area contributed by atoms with Crippen molar-refractivity contribution < 1.29 is 10.2 Å². The fraction of sp³-hybridized carbons (Fsp3) is 0.200. The van der Waals surface area contributed by atoms with E-state index in [9.17, 15) is 5.11 Å². The molecular formula is C10H10O2. The number of rotatable bonds is 1. The summed E-state index contributed by atoms with van der Waals surface area (Å²) in [5, 5.41) is 18.3. The van der Waals surface area contributed by atoms with Gasteiger partial charge in [0, 0.05) is 0 Å². The number of aromatic hydroxyl groups is 1. The Hall–Kier alpha value is -1.46. The van der Waals surface area contributed by atoms with Gasteiger partial charge in [-0.25, -0.2) is 0 Å². The molecule has 0 saturated carbocycles. The van der Waals surface area contributed by atoms with Crippen molar-refractivity contribution in [2.24, 2.45) is 0 Å². The Morgan fingerprint density at radius 2 is 1.83 bits per heavy atom. The van der Waals surface area contributed by atoms with E-state index in [0.29, 0.717) is 5.56 Å². The molecule has 0 heterocycles. The van der Waals surface area contributed by atoms with E-state index in [1.807, 2.05) is 0 Å². The quantitative estimate of drug-likeness (QED) is 0.613. The van der Waals surface area contributed by atoms with Crippen LogP contribution in [0, 0.1) is 11.8 Å². The lowest BCUT2D eigenvalue weighted by Gasteiger charge is -2.02. The van der Waals surface area contributed by atoms with Crippen molar-refractivity contribution >= 4 is 0 Å². The normalized spacial score (nSPS) is 11.5. The van der Waals surface area contributed by atoms with Gasteiger partial charge in [-0.05, 0) is 24.6 Å². The molecule has 12 heavy (non-hydrogen) atoms. The Morgan fingerprint density at radius 3 is 2.33 bits per heavy atom. The summed E-state index contributed by atoms with van der Waals surface area (Å²) in [7, 11) is 0. The highest BCUT2D eigenvalue weighted by molar-refractivity contribution is 5.30. The minimum Gasteiger partial charge on any atom is -0.508 e. The second-order valence-corrected chi connectivity index (χ2v) is 2.39. The molecule has 2 nitrogen and oxygen atoms in total. The minimum absolute atomic E-state index is 0.190. The molecule has 0 saturated heterocycles. The summed E-state index contributed by atoms with van der Waals surface area (Å²) in [6.07, 6.45) is -0.754. The van der Waals surface area contributed by atoms with Gasteiger partial charge in [-0.2, -0.15) is 0 Å². The summed E-state index contributed by atoms with van der Waals surface area (Å²) < 4.78 is 0. The zero-order valence-corrected chi connectivity index (χ0v) is 6.78. The third-order valence-electron chi connectivity index (χ3n) is 1.49. The van der Waals surface area contributed by atoms with Gasteiger partial charge in [-0.15, -0.1) is 5.92 Å². The van der Waals surface area contributed by atoms with Gasteiger partial charge in [0.05, 0.1) is 0 Å². The maximum Gasteiger partial charge on any atom is 0.140 e. The molecule has 0 aliphatic rings. The van der Waals surface area contributed by atoms with Crippen molar-refractivity contribution in [3.05, 3.63) is 29.8 Å². The molecule has 0 aliphatic heterocycles. The minimum atomic E-state index is -0.754. The molecule has 0 aromatic heterocycles. The standard InChI is InChI=1S/C10H10O2/c1-2-3-10(12)8-4-6-9(11)7-5-8/h4-7,10-12H,1H3. The van der Waals surface area contributed by atoms with Crippen LogP contribution in [0.5, 0.6) is 5.75 Å². The first kappa shape index (κ1) is 8.63. The van der Waals surface area contributed by atoms with Gasteiger partial charge < -0.3 is 10.2 Å².